The minimum atomic E-state index is 0.536. The van der Waals surface area contributed by atoms with Gasteiger partial charge in [-0.2, -0.15) is 0 Å². The summed E-state index contributed by atoms with van der Waals surface area (Å²) in [4.78, 5) is 0. The van der Waals surface area contributed by atoms with E-state index < -0.39 is 0 Å². The van der Waals surface area contributed by atoms with Gasteiger partial charge in [0.25, 0.3) is 0 Å². The Morgan fingerprint density at radius 1 is 1.29 bits per heavy atom. The Morgan fingerprint density at radius 3 is 2.43 bits per heavy atom. The molecule has 0 spiro atoms. The van der Waals surface area contributed by atoms with E-state index in [2.05, 4.69) is 19.2 Å². The van der Waals surface area contributed by atoms with Crippen LogP contribution in [0.15, 0.2) is 24.3 Å². The molecular weight excluding hydrogens is 174 g/mol. The lowest BCUT2D eigenvalue weighted by molar-refractivity contribution is 0.415. The maximum atomic E-state index is 5.09. The monoisotopic (exact) mass is 193 g/mol. The van der Waals surface area contributed by atoms with Gasteiger partial charge in [-0.3, -0.25) is 0 Å². The first-order valence-corrected chi connectivity index (χ1v) is 5.17. The third-order valence-electron chi connectivity index (χ3n) is 2.22. The Labute approximate surface area is 86.3 Å². The molecule has 0 aliphatic rings. The van der Waals surface area contributed by atoms with Crippen LogP contribution < -0.4 is 10.1 Å². The van der Waals surface area contributed by atoms with E-state index in [0.29, 0.717) is 6.04 Å². The van der Waals surface area contributed by atoms with Gasteiger partial charge in [0.2, 0.25) is 0 Å². The molecule has 2 heteroatoms. The van der Waals surface area contributed by atoms with Gasteiger partial charge in [0.15, 0.2) is 0 Å². The Hall–Kier alpha value is -1.18. The van der Waals surface area contributed by atoms with Crippen molar-refractivity contribution in [3.05, 3.63) is 24.3 Å². The van der Waals surface area contributed by atoms with Gasteiger partial charge in [-0.05, 0) is 37.6 Å². The first-order chi connectivity index (χ1) is 6.76. The smallest absolute Gasteiger partial charge is 0.119 e. The molecule has 1 aromatic carbocycles. The van der Waals surface area contributed by atoms with E-state index in [9.17, 15) is 0 Å². The van der Waals surface area contributed by atoms with Crippen molar-refractivity contribution in [1.29, 1.82) is 0 Å². The molecular formula is C12H19NO. The summed E-state index contributed by atoms with van der Waals surface area (Å²) < 4.78 is 5.09. The minimum Gasteiger partial charge on any atom is -0.497 e. The molecule has 1 aromatic rings. The number of anilines is 1. The summed E-state index contributed by atoms with van der Waals surface area (Å²) in [6, 6.07) is 8.58. The summed E-state index contributed by atoms with van der Waals surface area (Å²) in [7, 11) is 1.68. The standard InChI is InChI=1S/C12H19NO/c1-4-5-10(2)13-11-6-8-12(14-3)9-7-11/h6-10,13H,4-5H2,1-3H3/t10-/m0/s1. The van der Waals surface area contributed by atoms with E-state index in [-0.39, 0.29) is 0 Å². The molecule has 1 atom stereocenters. The summed E-state index contributed by atoms with van der Waals surface area (Å²) in [5.74, 6) is 0.902. The fourth-order valence-corrected chi connectivity index (χ4v) is 1.48. The Balaban J connectivity index is 2.50. The van der Waals surface area contributed by atoms with Crippen molar-refractivity contribution in [2.75, 3.05) is 12.4 Å². The van der Waals surface area contributed by atoms with E-state index >= 15 is 0 Å². The second kappa shape index (κ2) is 5.53. The molecule has 1 rings (SSSR count). The second-order valence-corrected chi connectivity index (χ2v) is 3.56. The lowest BCUT2D eigenvalue weighted by atomic mass is 10.2. The van der Waals surface area contributed by atoms with Gasteiger partial charge in [-0.25, -0.2) is 0 Å². The van der Waals surface area contributed by atoms with E-state index in [0.717, 1.165) is 11.4 Å². The maximum Gasteiger partial charge on any atom is 0.119 e. The molecule has 0 aromatic heterocycles. The third kappa shape index (κ3) is 3.29. The largest absolute Gasteiger partial charge is 0.497 e. The molecule has 0 aliphatic heterocycles. The highest BCUT2D eigenvalue weighted by Gasteiger charge is 1.99. The molecule has 0 fully saturated rings. The third-order valence-corrected chi connectivity index (χ3v) is 2.22. The van der Waals surface area contributed by atoms with Gasteiger partial charge in [0, 0.05) is 11.7 Å². The van der Waals surface area contributed by atoms with E-state index in [4.69, 9.17) is 4.74 Å². The molecule has 0 saturated heterocycles. The van der Waals surface area contributed by atoms with Crippen LogP contribution in [0.3, 0.4) is 0 Å². The van der Waals surface area contributed by atoms with Crippen LogP contribution in [0.25, 0.3) is 0 Å². The van der Waals surface area contributed by atoms with Crippen molar-refractivity contribution >= 4 is 5.69 Å². The molecule has 1 N–H and O–H groups in total. The highest BCUT2D eigenvalue weighted by molar-refractivity contribution is 5.46. The van der Waals surface area contributed by atoms with Gasteiger partial charge in [-0.1, -0.05) is 13.3 Å². The molecule has 78 valence electrons. The Kier molecular flexibility index (Phi) is 4.30. The number of hydrogen-bond donors (Lipinski definition) is 1. The zero-order chi connectivity index (χ0) is 10.4. The topological polar surface area (TPSA) is 21.3 Å². The number of methoxy groups -OCH3 is 1. The number of hydrogen-bond acceptors (Lipinski definition) is 2. The molecule has 2 nitrogen and oxygen atoms in total. The molecule has 0 bridgehead atoms. The lowest BCUT2D eigenvalue weighted by Gasteiger charge is -2.14. The van der Waals surface area contributed by atoms with Crippen LogP contribution in [0, 0.1) is 0 Å². The first-order valence-electron chi connectivity index (χ1n) is 5.17. The number of rotatable bonds is 5. The van der Waals surface area contributed by atoms with E-state index in [1.807, 2.05) is 24.3 Å². The van der Waals surface area contributed by atoms with Gasteiger partial charge in [0.1, 0.15) is 5.75 Å². The van der Waals surface area contributed by atoms with E-state index in [1.54, 1.807) is 7.11 Å². The summed E-state index contributed by atoms with van der Waals surface area (Å²) in [5.41, 5.74) is 1.16. The normalized spacial score (nSPS) is 12.2. The predicted molar refractivity (Wildman–Crippen MR) is 61.0 cm³/mol. The van der Waals surface area contributed by atoms with Crippen molar-refractivity contribution < 1.29 is 4.74 Å². The van der Waals surface area contributed by atoms with Gasteiger partial charge in [-0.15, -0.1) is 0 Å². The summed E-state index contributed by atoms with van der Waals surface area (Å²) in [5, 5.41) is 3.44. The van der Waals surface area contributed by atoms with Crippen LogP contribution in [0.2, 0.25) is 0 Å². The minimum absolute atomic E-state index is 0.536. The van der Waals surface area contributed by atoms with Gasteiger partial charge < -0.3 is 10.1 Å². The van der Waals surface area contributed by atoms with Crippen LogP contribution in [0.1, 0.15) is 26.7 Å². The van der Waals surface area contributed by atoms with Crippen LogP contribution in [-0.2, 0) is 0 Å². The number of benzene rings is 1. The van der Waals surface area contributed by atoms with Gasteiger partial charge >= 0.3 is 0 Å². The zero-order valence-electron chi connectivity index (χ0n) is 9.21. The zero-order valence-corrected chi connectivity index (χ0v) is 9.21. The van der Waals surface area contributed by atoms with Crippen LogP contribution in [0.4, 0.5) is 5.69 Å². The number of ether oxygens (including phenoxy) is 1. The quantitative estimate of drug-likeness (QED) is 0.774. The average Bonchev–Trinajstić information content (AvgIpc) is 2.19. The molecule has 0 radical (unpaired) electrons. The van der Waals surface area contributed by atoms with E-state index in [1.165, 1.54) is 12.8 Å². The Bertz CT molecular complexity index is 256. The van der Waals surface area contributed by atoms with Crippen molar-refractivity contribution in [1.82, 2.24) is 0 Å². The van der Waals surface area contributed by atoms with Crippen molar-refractivity contribution in [3.63, 3.8) is 0 Å². The molecule has 0 unspecified atom stereocenters. The molecule has 0 amide bonds. The van der Waals surface area contributed by atoms with Crippen molar-refractivity contribution in [2.24, 2.45) is 0 Å². The summed E-state index contributed by atoms with van der Waals surface area (Å²) >= 11 is 0. The first kappa shape index (κ1) is 10.9. The van der Waals surface area contributed by atoms with Gasteiger partial charge in [0.05, 0.1) is 7.11 Å². The highest BCUT2D eigenvalue weighted by Crippen LogP contribution is 2.16. The molecule has 0 aliphatic carbocycles. The molecule has 0 heterocycles. The fraction of sp³-hybridized carbons (Fsp3) is 0.500. The lowest BCUT2D eigenvalue weighted by Crippen LogP contribution is -2.14. The predicted octanol–water partition coefficient (Wildman–Crippen LogP) is 3.30. The Morgan fingerprint density at radius 2 is 1.93 bits per heavy atom. The maximum absolute atomic E-state index is 5.09. The SMILES string of the molecule is CCC[C@H](C)Nc1ccc(OC)cc1. The fourth-order valence-electron chi connectivity index (χ4n) is 1.48. The highest BCUT2D eigenvalue weighted by atomic mass is 16.5. The summed E-state index contributed by atoms with van der Waals surface area (Å²) in [6.07, 6.45) is 2.41. The van der Waals surface area contributed by atoms with Crippen LogP contribution in [0.5, 0.6) is 5.75 Å². The number of nitrogens with one attached hydrogen (secondary N) is 1. The van der Waals surface area contributed by atoms with Crippen LogP contribution >= 0.6 is 0 Å². The molecule has 0 saturated carbocycles. The molecule has 14 heavy (non-hydrogen) atoms. The van der Waals surface area contributed by atoms with Crippen LogP contribution in [-0.4, -0.2) is 13.2 Å². The average molecular weight is 193 g/mol. The van der Waals surface area contributed by atoms with Crippen molar-refractivity contribution in [2.45, 2.75) is 32.7 Å². The van der Waals surface area contributed by atoms with Crippen molar-refractivity contribution in [3.8, 4) is 5.75 Å². The summed E-state index contributed by atoms with van der Waals surface area (Å²) in [6.45, 7) is 4.40. The second-order valence-electron chi connectivity index (χ2n) is 3.56.